The standard InChI is InChI=1S/C17H20FNO4/c18-17(16(21)22)7-8-19(11-17)15(20)10-23-14-6-5-12-3-1-2-4-13(12)9-14/h5-6,9H,1-4,7-8,10-11H2,(H,21,22). The van der Waals surface area contributed by atoms with Gasteiger partial charge in [-0.05, 0) is 48.9 Å². The summed E-state index contributed by atoms with van der Waals surface area (Å²) in [4.78, 5) is 24.1. The molecule has 1 aromatic carbocycles. The number of ether oxygens (including phenoxy) is 1. The monoisotopic (exact) mass is 321 g/mol. The Morgan fingerprint density at radius 3 is 2.70 bits per heavy atom. The number of carboxylic acids is 1. The third-order valence-electron chi connectivity index (χ3n) is 4.64. The molecule has 1 aliphatic carbocycles. The third kappa shape index (κ3) is 3.30. The van der Waals surface area contributed by atoms with Crippen molar-refractivity contribution in [3.8, 4) is 5.75 Å². The summed E-state index contributed by atoms with van der Waals surface area (Å²) in [5.74, 6) is -1.27. The van der Waals surface area contributed by atoms with E-state index in [1.165, 1.54) is 22.4 Å². The van der Waals surface area contributed by atoms with Gasteiger partial charge in [0.1, 0.15) is 5.75 Å². The Hall–Kier alpha value is -2.11. The first kappa shape index (κ1) is 15.8. The molecule has 6 heteroatoms. The van der Waals surface area contributed by atoms with Crippen LogP contribution in [-0.2, 0) is 22.4 Å². The number of aryl methyl sites for hydroxylation is 2. The number of benzene rings is 1. The van der Waals surface area contributed by atoms with Gasteiger partial charge in [0.15, 0.2) is 6.61 Å². The summed E-state index contributed by atoms with van der Waals surface area (Å²) in [6.45, 7) is -0.502. The van der Waals surface area contributed by atoms with Crippen LogP contribution >= 0.6 is 0 Å². The molecule has 1 unspecified atom stereocenters. The SMILES string of the molecule is O=C(COc1ccc2c(c1)CCCC2)N1CCC(F)(C(=O)O)C1. The Morgan fingerprint density at radius 1 is 1.26 bits per heavy atom. The Labute approximate surface area is 134 Å². The topological polar surface area (TPSA) is 66.8 Å². The molecule has 1 aliphatic heterocycles. The van der Waals surface area contributed by atoms with Crippen molar-refractivity contribution < 1.29 is 23.8 Å². The highest BCUT2D eigenvalue weighted by molar-refractivity contribution is 5.83. The summed E-state index contributed by atoms with van der Waals surface area (Å²) < 4.78 is 19.5. The van der Waals surface area contributed by atoms with Crippen molar-refractivity contribution in [2.24, 2.45) is 0 Å². The number of carbonyl (C=O) groups excluding carboxylic acids is 1. The lowest BCUT2D eigenvalue weighted by atomic mass is 9.92. The summed E-state index contributed by atoms with van der Waals surface area (Å²) in [7, 11) is 0. The van der Waals surface area contributed by atoms with E-state index in [0.717, 1.165) is 19.3 Å². The summed E-state index contributed by atoms with van der Waals surface area (Å²) in [5, 5.41) is 8.85. The van der Waals surface area contributed by atoms with E-state index in [9.17, 15) is 14.0 Å². The minimum absolute atomic E-state index is 0.106. The van der Waals surface area contributed by atoms with Gasteiger partial charge < -0.3 is 14.7 Å². The molecular weight excluding hydrogens is 301 g/mol. The Morgan fingerprint density at radius 2 is 2.00 bits per heavy atom. The van der Waals surface area contributed by atoms with Gasteiger partial charge in [-0.2, -0.15) is 0 Å². The highest BCUT2D eigenvalue weighted by Crippen LogP contribution is 2.27. The number of likely N-dealkylation sites (tertiary alicyclic amines) is 1. The minimum atomic E-state index is -2.33. The van der Waals surface area contributed by atoms with Crippen LogP contribution in [0.5, 0.6) is 5.75 Å². The fraction of sp³-hybridized carbons (Fsp3) is 0.529. The van der Waals surface area contributed by atoms with Crippen molar-refractivity contribution in [2.75, 3.05) is 19.7 Å². The molecule has 23 heavy (non-hydrogen) atoms. The average Bonchev–Trinajstić information content (AvgIpc) is 2.96. The van der Waals surface area contributed by atoms with Crippen molar-refractivity contribution in [2.45, 2.75) is 37.8 Å². The third-order valence-corrected chi connectivity index (χ3v) is 4.64. The van der Waals surface area contributed by atoms with E-state index in [0.29, 0.717) is 5.75 Å². The number of hydrogen-bond acceptors (Lipinski definition) is 3. The molecule has 2 aliphatic rings. The molecule has 1 fully saturated rings. The summed E-state index contributed by atoms with van der Waals surface area (Å²) in [5.41, 5.74) is 0.260. The zero-order valence-corrected chi connectivity index (χ0v) is 12.9. The van der Waals surface area contributed by atoms with Crippen molar-refractivity contribution in [1.82, 2.24) is 4.90 Å². The van der Waals surface area contributed by atoms with Crippen LogP contribution in [0.3, 0.4) is 0 Å². The minimum Gasteiger partial charge on any atom is -0.484 e. The number of halogens is 1. The largest absolute Gasteiger partial charge is 0.484 e. The Kier molecular flexibility index (Phi) is 4.24. The molecule has 0 saturated carbocycles. The fourth-order valence-electron chi connectivity index (χ4n) is 3.20. The Bertz CT molecular complexity index is 633. The van der Waals surface area contributed by atoms with Crippen LogP contribution in [0.2, 0.25) is 0 Å². The molecule has 0 bridgehead atoms. The number of aliphatic carboxylic acids is 1. The van der Waals surface area contributed by atoms with Crippen molar-refractivity contribution >= 4 is 11.9 Å². The molecular formula is C17H20FNO4. The lowest BCUT2D eigenvalue weighted by molar-refractivity contribution is -0.150. The molecule has 1 aromatic rings. The summed E-state index contributed by atoms with van der Waals surface area (Å²) in [6.07, 6.45) is 4.30. The van der Waals surface area contributed by atoms with Gasteiger partial charge in [0.25, 0.3) is 5.91 Å². The van der Waals surface area contributed by atoms with Crippen molar-refractivity contribution in [3.63, 3.8) is 0 Å². The molecule has 1 amide bonds. The average molecular weight is 321 g/mol. The maximum Gasteiger partial charge on any atom is 0.343 e. The van der Waals surface area contributed by atoms with E-state index >= 15 is 0 Å². The molecule has 124 valence electrons. The van der Waals surface area contributed by atoms with Crippen LogP contribution in [0.4, 0.5) is 4.39 Å². The van der Waals surface area contributed by atoms with Gasteiger partial charge in [-0.25, -0.2) is 9.18 Å². The first-order valence-corrected chi connectivity index (χ1v) is 7.93. The van der Waals surface area contributed by atoms with E-state index in [-0.39, 0.29) is 25.5 Å². The lowest BCUT2D eigenvalue weighted by Gasteiger charge is -2.19. The van der Waals surface area contributed by atoms with Gasteiger partial charge in [0, 0.05) is 13.0 Å². The van der Waals surface area contributed by atoms with Gasteiger partial charge in [0.05, 0.1) is 6.54 Å². The molecule has 1 heterocycles. The molecule has 0 spiro atoms. The van der Waals surface area contributed by atoms with Gasteiger partial charge in [-0.3, -0.25) is 4.79 Å². The van der Waals surface area contributed by atoms with Crippen LogP contribution in [0.15, 0.2) is 18.2 Å². The van der Waals surface area contributed by atoms with Gasteiger partial charge in [0.2, 0.25) is 5.67 Å². The number of alkyl halides is 1. The van der Waals surface area contributed by atoms with Crippen molar-refractivity contribution in [3.05, 3.63) is 29.3 Å². The van der Waals surface area contributed by atoms with Gasteiger partial charge in [-0.15, -0.1) is 0 Å². The van der Waals surface area contributed by atoms with Crippen LogP contribution in [0.1, 0.15) is 30.4 Å². The number of hydrogen-bond donors (Lipinski definition) is 1. The quantitative estimate of drug-likeness (QED) is 0.921. The summed E-state index contributed by atoms with van der Waals surface area (Å²) >= 11 is 0. The number of carbonyl (C=O) groups is 2. The van der Waals surface area contributed by atoms with Crippen molar-refractivity contribution in [1.29, 1.82) is 0 Å². The number of rotatable bonds is 4. The molecule has 1 N–H and O–H groups in total. The molecule has 1 atom stereocenters. The predicted molar refractivity (Wildman–Crippen MR) is 81.3 cm³/mol. The number of fused-ring (bicyclic) bond motifs is 1. The number of carboxylic acid groups (broad SMARTS) is 1. The fourth-order valence-corrected chi connectivity index (χ4v) is 3.20. The van der Waals surface area contributed by atoms with Crippen LogP contribution < -0.4 is 4.74 Å². The van der Waals surface area contributed by atoms with Crippen LogP contribution in [0, 0.1) is 0 Å². The Balaban J connectivity index is 1.56. The zero-order valence-electron chi connectivity index (χ0n) is 12.9. The second kappa shape index (κ2) is 6.18. The first-order valence-electron chi connectivity index (χ1n) is 7.93. The van der Waals surface area contributed by atoms with E-state index in [4.69, 9.17) is 9.84 Å². The number of nitrogens with zero attached hydrogens (tertiary/aromatic N) is 1. The maximum absolute atomic E-state index is 14.0. The second-order valence-corrected chi connectivity index (χ2v) is 6.26. The van der Waals surface area contributed by atoms with E-state index in [1.807, 2.05) is 18.2 Å². The molecule has 0 radical (unpaired) electrons. The molecule has 1 saturated heterocycles. The highest BCUT2D eigenvalue weighted by atomic mass is 19.1. The molecule has 5 nitrogen and oxygen atoms in total. The van der Waals surface area contributed by atoms with Crippen LogP contribution in [0.25, 0.3) is 0 Å². The molecule has 3 rings (SSSR count). The van der Waals surface area contributed by atoms with E-state index in [2.05, 4.69) is 0 Å². The zero-order chi connectivity index (χ0) is 16.4. The van der Waals surface area contributed by atoms with Gasteiger partial charge in [-0.1, -0.05) is 6.07 Å². The van der Waals surface area contributed by atoms with Crippen LogP contribution in [-0.4, -0.2) is 47.2 Å². The second-order valence-electron chi connectivity index (χ2n) is 6.26. The number of amides is 1. The smallest absolute Gasteiger partial charge is 0.343 e. The summed E-state index contributed by atoms with van der Waals surface area (Å²) in [6, 6.07) is 5.84. The van der Waals surface area contributed by atoms with Gasteiger partial charge >= 0.3 is 5.97 Å². The predicted octanol–water partition coefficient (Wildman–Crippen LogP) is 1.97. The normalized spacial score (nSPS) is 23.4. The first-order chi connectivity index (χ1) is 11.0. The lowest BCUT2D eigenvalue weighted by Crippen LogP contribution is -2.40. The van der Waals surface area contributed by atoms with E-state index < -0.39 is 18.2 Å². The van der Waals surface area contributed by atoms with E-state index in [1.54, 1.807) is 0 Å². The highest BCUT2D eigenvalue weighted by Gasteiger charge is 2.46. The maximum atomic E-state index is 14.0. The molecule has 0 aromatic heterocycles.